The van der Waals surface area contributed by atoms with Crippen molar-refractivity contribution in [3.05, 3.63) is 59.4 Å². The summed E-state index contributed by atoms with van der Waals surface area (Å²) in [7, 11) is 0. The van der Waals surface area contributed by atoms with Crippen molar-refractivity contribution in [2.45, 2.75) is 32.5 Å². The van der Waals surface area contributed by atoms with Crippen LogP contribution in [-0.2, 0) is 11.0 Å². The molecule has 2 rings (SSSR count). The molecule has 0 saturated carbocycles. The fourth-order valence-electron chi connectivity index (χ4n) is 1.84. The van der Waals surface area contributed by atoms with Crippen LogP contribution >= 0.6 is 0 Å². The molecule has 128 valence electrons. The molecule has 0 atom stereocenters. The van der Waals surface area contributed by atoms with Crippen LogP contribution in [0.3, 0.4) is 0 Å². The standard InChI is InChI=1S/C17H17F3N2O2/c1-16(2,3)24-22-14(15-13(23)8-5-9-21-15)11-6-4-7-12(10-11)17(18,19)20/h4-10,23H,1-3H3/b22-14-. The van der Waals surface area contributed by atoms with Crippen molar-refractivity contribution in [1.29, 1.82) is 0 Å². The number of halogens is 3. The van der Waals surface area contributed by atoms with Gasteiger partial charge >= 0.3 is 6.18 Å². The Kier molecular flexibility index (Phi) is 4.82. The minimum atomic E-state index is -4.49. The van der Waals surface area contributed by atoms with Crippen LogP contribution < -0.4 is 0 Å². The summed E-state index contributed by atoms with van der Waals surface area (Å²) < 4.78 is 38.9. The van der Waals surface area contributed by atoms with E-state index in [-0.39, 0.29) is 22.7 Å². The molecule has 1 aromatic heterocycles. The first-order chi connectivity index (χ1) is 11.1. The second-order valence-electron chi connectivity index (χ2n) is 6.09. The summed E-state index contributed by atoms with van der Waals surface area (Å²) in [5.74, 6) is -0.203. The molecule has 24 heavy (non-hydrogen) atoms. The first kappa shape index (κ1) is 17.8. The van der Waals surface area contributed by atoms with E-state index < -0.39 is 17.3 Å². The second-order valence-corrected chi connectivity index (χ2v) is 6.09. The lowest BCUT2D eigenvalue weighted by molar-refractivity contribution is -0.137. The molecule has 0 aliphatic heterocycles. The van der Waals surface area contributed by atoms with Crippen LogP contribution in [0.1, 0.15) is 37.6 Å². The van der Waals surface area contributed by atoms with E-state index in [1.807, 2.05) is 0 Å². The number of nitrogens with zero attached hydrogens (tertiary/aromatic N) is 2. The van der Waals surface area contributed by atoms with Gasteiger partial charge in [0.2, 0.25) is 0 Å². The third-order valence-corrected chi connectivity index (χ3v) is 2.88. The zero-order valence-corrected chi connectivity index (χ0v) is 13.4. The Morgan fingerprint density at radius 3 is 2.42 bits per heavy atom. The number of pyridine rings is 1. The van der Waals surface area contributed by atoms with E-state index >= 15 is 0 Å². The summed E-state index contributed by atoms with van der Waals surface area (Å²) in [5, 5.41) is 13.9. The normalized spacial score (nSPS) is 13.0. The molecule has 1 heterocycles. The largest absolute Gasteiger partial charge is 0.506 e. The van der Waals surface area contributed by atoms with E-state index in [4.69, 9.17) is 4.84 Å². The van der Waals surface area contributed by atoms with Crippen LogP contribution in [-0.4, -0.2) is 21.4 Å². The monoisotopic (exact) mass is 338 g/mol. The molecule has 0 amide bonds. The van der Waals surface area contributed by atoms with Gasteiger partial charge < -0.3 is 9.94 Å². The lowest BCUT2D eigenvalue weighted by Crippen LogP contribution is -2.18. The van der Waals surface area contributed by atoms with E-state index in [0.29, 0.717) is 0 Å². The number of oxime groups is 1. The Bertz CT molecular complexity index is 750. The molecule has 4 nitrogen and oxygen atoms in total. The molecule has 0 aliphatic rings. The maximum atomic E-state index is 13.0. The fourth-order valence-corrected chi connectivity index (χ4v) is 1.84. The lowest BCUT2D eigenvalue weighted by atomic mass is 10.0. The van der Waals surface area contributed by atoms with Gasteiger partial charge in [0.15, 0.2) is 0 Å². The predicted octanol–water partition coefficient (Wildman–Crippen LogP) is 4.37. The first-order valence-corrected chi connectivity index (χ1v) is 7.16. The van der Waals surface area contributed by atoms with E-state index in [9.17, 15) is 18.3 Å². The molecule has 0 saturated heterocycles. The van der Waals surface area contributed by atoms with Gasteiger partial charge in [-0.05, 0) is 45.0 Å². The molecule has 2 aromatic rings. The fraction of sp³-hybridized carbons (Fsp3) is 0.294. The van der Waals surface area contributed by atoms with E-state index in [0.717, 1.165) is 12.1 Å². The first-order valence-electron chi connectivity index (χ1n) is 7.16. The molecular formula is C17H17F3N2O2. The highest BCUT2D eigenvalue weighted by Crippen LogP contribution is 2.30. The van der Waals surface area contributed by atoms with Crippen LogP contribution in [0.4, 0.5) is 13.2 Å². The van der Waals surface area contributed by atoms with Gasteiger partial charge in [-0.25, -0.2) is 0 Å². The molecule has 0 bridgehead atoms. The molecule has 7 heteroatoms. The van der Waals surface area contributed by atoms with Crippen LogP contribution in [0.15, 0.2) is 47.8 Å². The highest BCUT2D eigenvalue weighted by molar-refractivity contribution is 6.12. The smallest absolute Gasteiger partial charge is 0.416 e. The molecule has 0 fully saturated rings. The molecular weight excluding hydrogens is 321 g/mol. The number of hydrogen-bond acceptors (Lipinski definition) is 4. The third-order valence-electron chi connectivity index (χ3n) is 2.88. The average Bonchev–Trinajstić information content (AvgIpc) is 2.47. The third kappa shape index (κ3) is 4.47. The number of alkyl halides is 3. The van der Waals surface area contributed by atoms with Gasteiger partial charge in [-0.1, -0.05) is 17.3 Å². The van der Waals surface area contributed by atoms with Gasteiger partial charge in [-0.15, -0.1) is 0 Å². The summed E-state index contributed by atoms with van der Waals surface area (Å²) in [6.45, 7) is 5.25. The number of rotatable bonds is 3. The number of benzene rings is 1. The van der Waals surface area contributed by atoms with Gasteiger partial charge in [-0.3, -0.25) is 4.98 Å². The van der Waals surface area contributed by atoms with Gasteiger partial charge in [0.25, 0.3) is 0 Å². The highest BCUT2D eigenvalue weighted by Gasteiger charge is 2.31. The molecule has 0 unspecified atom stereocenters. The maximum absolute atomic E-state index is 13.0. The molecule has 0 radical (unpaired) electrons. The Hall–Kier alpha value is -2.57. The lowest BCUT2D eigenvalue weighted by Gasteiger charge is -2.17. The maximum Gasteiger partial charge on any atom is 0.416 e. The van der Waals surface area contributed by atoms with E-state index in [2.05, 4.69) is 10.1 Å². The van der Waals surface area contributed by atoms with Crippen molar-refractivity contribution in [1.82, 2.24) is 4.98 Å². The zero-order chi connectivity index (χ0) is 18.0. The summed E-state index contributed by atoms with van der Waals surface area (Å²) >= 11 is 0. The molecule has 1 N–H and O–H groups in total. The topological polar surface area (TPSA) is 54.7 Å². The molecule has 0 spiro atoms. The van der Waals surface area contributed by atoms with Crippen LogP contribution in [0.5, 0.6) is 5.75 Å². The van der Waals surface area contributed by atoms with Gasteiger partial charge in [0.05, 0.1) is 5.56 Å². The summed E-state index contributed by atoms with van der Waals surface area (Å²) in [5.41, 5.74) is -1.27. The predicted molar refractivity (Wildman–Crippen MR) is 83.8 cm³/mol. The quantitative estimate of drug-likeness (QED) is 0.668. The van der Waals surface area contributed by atoms with E-state index in [1.54, 1.807) is 20.8 Å². The number of hydrogen-bond donors (Lipinski definition) is 1. The summed E-state index contributed by atoms with van der Waals surface area (Å²) in [4.78, 5) is 9.34. The van der Waals surface area contributed by atoms with Gasteiger partial charge in [-0.2, -0.15) is 13.2 Å². The Labute approximate surface area is 137 Å². The van der Waals surface area contributed by atoms with Gasteiger partial charge in [0, 0.05) is 11.8 Å². The molecule has 1 aromatic carbocycles. The zero-order valence-electron chi connectivity index (χ0n) is 13.4. The minimum Gasteiger partial charge on any atom is -0.506 e. The molecule has 0 aliphatic carbocycles. The average molecular weight is 338 g/mol. The Morgan fingerprint density at radius 2 is 1.83 bits per heavy atom. The van der Waals surface area contributed by atoms with Crippen molar-refractivity contribution in [2.75, 3.05) is 0 Å². The van der Waals surface area contributed by atoms with Crippen LogP contribution in [0.2, 0.25) is 0 Å². The Morgan fingerprint density at radius 1 is 1.12 bits per heavy atom. The SMILES string of the molecule is CC(C)(C)O/N=C(/c1cccc(C(F)(F)F)c1)c1ncccc1O. The minimum absolute atomic E-state index is 0.0223. The second kappa shape index (κ2) is 6.51. The van der Waals surface area contributed by atoms with E-state index in [1.165, 1.54) is 30.5 Å². The number of aromatic nitrogens is 1. The number of aromatic hydroxyl groups is 1. The van der Waals surface area contributed by atoms with Gasteiger partial charge in [0.1, 0.15) is 22.8 Å². The van der Waals surface area contributed by atoms with Crippen LogP contribution in [0.25, 0.3) is 0 Å². The summed E-state index contributed by atoms with van der Waals surface area (Å²) in [6.07, 6.45) is -3.08. The Balaban J connectivity index is 2.57. The van der Waals surface area contributed by atoms with Crippen molar-refractivity contribution < 1.29 is 23.1 Å². The van der Waals surface area contributed by atoms with Crippen LogP contribution in [0, 0.1) is 0 Å². The van der Waals surface area contributed by atoms with Crippen molar-refractivity contribution in [2.24, 2.45) is 5.16 Å². The van der Waals surface area contributed by atoms with Crippen molar-refractivity contribution >= 4 is 5.71 Å². The highest BCUT2D eigenvalue weighted by atomic mass is 19.4. The van der Waals surface area contributed by atoms with Crippen molar-refractivity contribution in [3.8, 4) is 5.75 Å². The summed E-state index contributed by atoms with van der Waals surface area (Å²) in [6, 6.07) is 7.51. The van der Waals surface area contributed by atoms with Crippen molar-refractivity contribution in [3.63, 3.8) is 0 Å².